The summed E-state index contributed by atoms with van der Waals surface area (Å²) in [6.45, 7) is 1.83. The molecule has 91 valence electrons. The largest absolute Gasteiger partial charge is 0.373 e. The van der Waals surface area contributed by atoms with Crippen molar-refractivity contribution in [2.45, 2.75) is 25.0 Å². The van der Waals surface area contributed by atoms with Crippen LogP contribution in [0.3, 0.4) is 0 Å². The number of benzene rings is 2. The van der Waals surface area contributed by atoms with Gasteiger partial charge in [0.2, 0.25) is 0 Å². The van der Waals surface area contributed by atoms with E-state index in [9.17, 15) is 0 Å². The van der Waals surface area contributed by atoms with E-state index in [2.05, 4.69) is 36.4 Å². The highest BCUT2D eigenvalue weighted by molar-refractivity contribution is 5.83. The van der Waals surface area contributed by atoms with Crippen LogP contribution < -0.4 is 0 Å². The highest BCUT2D eigenvalue weighted by Gasteiger charge is 2.23. The number of hydrogen-bond acceptors (Lipinski definition) is 2. The van der Waals surface area contributed by atoms with E-state index < -0.39 is 0 Å². The summed E-state index contributed by atoms with van der Waals surface area (Å²) in [6.07, 6.45) is 2.90. The van der Waals surface area contributed by atoms with Gasteiger partial charge in [0, 0.05) is 12.8 Å². The van der Waals surface area contributed by atoms with Gasteiger partial charge >= 0.3 is 0 Å². The molecule has 2 saturated heterocycles. The Bertz CT molecular complexity index is 534. The Morgan fingerprint density at radius 3 is 2.50 bits per heavy atom. The van der Waals surface area contributed by atoms with E-state index in [1.54, 1.807) is 0 Å². The maximum Gasteiger partial charge on any atom is 0.0850 e. The zero-order chi connectivity index (χ0) is 11.9. The van der Waals surface area contributed by atoms with E-state index in [1.165, 1.54) is 21.9 Å². The van der Waals surface area contributed by atoms with Crippen LogP contribution in [-0.4, -0.2) is 25.4 Å². The number of rotatable bonds is 4. The number of ether oxygens (including phenoxy) is 2. The third kappa shape index (κ3) is 2.26. The van der Waals surface area contributed by atoms with Gasteiger partial charge in [-0.25, -0.2) is 0 Å². The minimum atomic E-state index is 0.432. The first-order valence-electron chi connectivity index (χ1n) is 6.54. The third-order valence-corrected chi connectivity index (χ3v) is 3.59. The maximum absolute atomic E-state index is 5.28. The molecule has 0 amide bonds. The summed E-state index contributed by atoms with van der Waals surface area (Å²) < 4.78 is 10.6. The molecule has 2 heteroatoms. The van der Waals surface area contributed by atoms with Crippen LogP contribution in [0.4, 0.5) is 0 Å². The highest BCUT2D eigenvalue weighted by Crippen LogP contribution is 2.23. The van der Waals surface area contributed by atoms with Gasteiger partial charge in [0.25, 0.3) is 0 Å². The monoisotopic (exact) mass is 239 g/mol. The molecule has 2 fully saturated rings. The van der Waals surface area contributed by atoms with Gasteiger partial charge in [-0.05, 0) is 28.0 Å². The Balaban J connectivity index is 1.65. The van der Waals surface area contributed by atoms with Crippen molar-refractivity contribution in [1.82, 2.24) is 0 Å². The summed E-state index contributed by atoms with van der Waals surface area (Å²) in [7, 11) is 0. The van der Waals surface area contributed by atoms with E-state index in [0.29, 0.717) is 12.2 Å². The van der Waals surface area contributed by atoms with Crippen LogP contribution in [0.25, 0.3) is 10.8 Å². The summed E-state index contributed by atoms with van der Waals surface area (Å²) in [5.74, 6) is 0. The zero-order valence-corrected chi connectivity index (χ0v) is 10.2. The molecule has 2 aromatic carbocycles. The number of epoxide rings is 2. The topological polar surface area (TPSA) is 25.1 Å². The van der Waals surface area contributed by atoms with Crippen LogP contribution in [0, 0.1) is 6.07 Å². The lowest BCUT2D eigenvalue weighted by Gasteiger charge is -2.04. The fourth-order valence-electron chi connectivity index (χ4n) is 2.39. The fourth-order valence-corrected chi connectivity index (χ4v) is 2.39. The standard InChI is InChI=1S/C16H15O2/c1-3-13-4-2-12(8-16-10-18-16)6-14(13)5-11(1)7-15-9-17-15/h1-5,15-16H,7-10H2. The minimum absolute atomic E-state index is 0.432. The molecule has 2 aromatic rings. The molecular weight excluding hydrogens is 224 g/mol. The second kappa shape index (κ2) is 4.08. The predicted octanol–water partition coefficient (Wildman–Crippen LogP) is 2.52. The van der Waals surface area contributed by atoms with Crippen molar-refractivity contribution in [3.8, 4) is 0 Å². The Morgan fingerprint density at radius 1 is 1.00 bits per heavy atom. The Labute approximate surface area is 107 Å². The van der Waals surface area contributed by atoms with E-state index in [4.69, 9.17) is 9.47 Å². The van der Waals surface area contributed by atoms with Gasteiger partial charge in [0.15, 0.2) is 0 Å². The Hall–Kier alpha value is -1.38. The highest BCUT2D eigenvalue weighted by atomic mass is 16.6. The molecule has 1 radical (unpaired) electrons. The molecule has 0 bridgehead atoms. The molecule has 2 nitrogen and oxygen atoms in total. The van der Waals surface area contributed by atoms with Crippen molar-refractivity contribution in [3.63, 3.8) is 0 Å². The molecule has 4 rings (SSSR count). The average Bonchev–Trinajstić information content (AvgIpc) is 3.25. The molecular formula is C16H15O2. The molecule has 2 heterocycles. The van der Waals surface area contributed by atoms with Gasteiger partial charge in [-0.2, -0.15) is 0 Å². The summed E-state index contributed by atoms with van der Waals surface area (Å²) in [5, 5.41) is 2.47. The van der Waals surface area contributed by atoms with Gasteiger partial charge in [0.1, 0.15) is 0 Å². The van der Waals surface area contributed by atoms with Gasteiger partial charge in [-0.15, -0.1) is 0 Å². The quantitative estimate of drug-likeness (QED) is 0.766. The second-order valence-corrected chi connectivity index (χ2v) is 5.22. The molecule has 2 unspecified atom stereocenters. The van der Waals surface area contributed by atoms with Gasteiger partial charge in [-0.1, -0.05) is 30.3 Å². The van der Waals surface area contributed by atoms with Gasteiger partial charge in [0.05, 0.1) is 25.4 Å². The maximum atomic E-state index is 5.28. The first-order valence-corrected chi connectivity index (χ1v) is 6.54. The van der Waals surface area contributed by atoms with Crippen molar-refractivity contribution in [2.75, 3.05) is 13.2 Å². The lowest BCUT2D eigenvalue weighted by molar-refractivity contribution is 0.407. The van der Waals surface area contributed by atoms with E-state index in [1.807, 2.05) is 0 Å². The van der Waals surface area contributed by atoms with Gasteiger partial charge < -0.3 is 9.47 Å². The van der Waals surface area contributed by atoms with Crippen molar-refractivity contribution in [1.29, 1.82) is 0 Å². The summed E-state index contributed by atoms with van der Waals surface area (Å²) in [5.41, 5.74) is 2.60. The first kappa shape index (κ1) is 10.5. The van der Waals surface area contributed by atoms with Crippen LogP contribution in [0.15, 0.2) is 30.3 Å². The van der Waals surface area contributed by atoms with Crippen LogP contribution >= 0.6 is 0 Å². The third-order valence-electron chi connectivity index (χ3n) is 3.59. The molecule has 0 N–H and O–H groups in total. The lowest BCUT2D eigenvalue weighted by atomic mass is 10.0. The summed E-state index contributed by atoms with van der Waals surface area (Å²) in [4.78, 5) is 0. The second-order valence-electron chi connectivity index (χ2n) is 5.22. The Kier molecular flexibility index (Phi) is 2.39. The normalized spacial score (nSPS) is 25.3. The average molecular weight is 239 g/mol. The van der Waals surface area contributed by atoms with Crippen molar-refractivity contribution < 1.29 is 9.47 Å². The SMILES string of the molecule is [c]1c(CC2CO2)ccc2ccc(CC3CO3)cc12. The molecule has 2 aliphatic rings. The van der Waals surface area contributed by atoms with Crippen LogP contribution in [0.1, 0.15) is 11.1 Å². The van der Waals surface area contributed by atoms with Gasteiger partial charge in [-0.3, -0.25) is 0 Å². The molecule has 0 saturated carbocycles. The van der Waals surface area contributed by atoms with E-state index >= 15 is 0 Å². The lowest BCUT2D eigenvalue weighted by Crippen LogP contribution is -1.95. The van der Waals surface area contributed by atoms with Crippen LogP contribution in [0.2, 0.25) is 0 Å². The Morgan fingerprint density at radius 2 is 1.72 bits per heavy atom. The molecule has 0 aromatic heterocycles. The van der Waals surface area contributed by atoms with Crippen molar-refractivity contribution in [2.24, 2.45) is 0 Å². The fraction of sp³-hybridized carbons (Fsp3) is 0.375. The predicted molar refractivity (Wildman–Crippen MR) is 69.7 cm³/mol. The number of hydrogen-bond donors (Lipinski definition) is 0. The van der Waals surface area contributed by atoms with Crippen LogP contribution in [-0.2, 0) is 22.3 Å². The summed E-state index contributed by atoms with van der Waals surface area (Å²) in [6, 6.07) is 14.5. The van der Waals surface area contributed by atoms with Crippen molar-refractivity contribution >= 4 is 10.8 Å². The van der Waals surface area contributed by atoms with E-state index in [-0.39, 0.29) is 0 Å². The molecule has 0 aliphatic carbocycles. The van der Waals surface area contributed by atoms with E-state index in [0.717, 1.165) is 26.1 Å². The first-order chi connectivity index (χ1) is 8.87. The minimum Gasteiger partial charge on any atom is -0.373 e. The summed E-state index contributed by atoms with van der Waals surface area (Å²) >= 11 is 0. The smallest absolute Gasteiger partial charge is 0.0850 e. The molecule has 0 spiro atoms. The number of fused-ring (bicyclic) bond motifs is 1. The molecule has 2 aliphatic heterocycles. The molecule has 2 atom stereocenters. The zero-order valence-electron chi connectivity index (χ0n) is 10.2. The van der Waals surface area contributed by atoms with Crippen LogP contribution in [0.5, 0.6) is 0 Å². The van der Waals surface area contributed by atoms with Crippen molar-refractivity contribution in [3.05, 3.63) is 47.5 Å². The molecule has 18 heavy (non-hydrogen) atoms.